The highest BCUT2D eigenvalue weighted by atomic mass is 32.2. The predicted octanol–water partition coefficient (Wildman–Crippen LogP) is 4.24. The minimum Gasteiger partial charge on any atom is -0.370 e. The van der Waals surface area contributed by atoms with Crippen molar-refractivity contribution in [3.8, 4) is 0 Å². The Kier molecular flexibility index (Phi) is 7.30. The highest BCUT2D eigenvalue weighted by molar-refractivity contribution is 7.98. The van der Waals surface area contributed by atoms with Crippen molar-refractivity contribution in [1.29, 1.82) is 0 Å². The maximum absolute atomic E-state index is 12.7. The number of thioether (sulfide) groups is 1. The number of aromatic nitrogens is 2. The topological polar surface area (TPSA) is 71.3 Å². The van der Waals surface area contributed by atoms with Crippen molar-refractivity contribution in [3.05, 3.63) is 71.2 Å². The minimum absolute atomic E-state index is 0.113. The zero-order valence-corrected chi connectivity index (χ0v) is 17.8. The monoisotopic (exact) mass is 410 g/mol. The normalized spacial score (nSPS) is 10.7. The number of pyridine rings is 1. The lowest BCUT2D eigenvalue weighted by atomic mass is 10.2. The number of anilines is 1. The Morgan fingerprint density at radius 1 is 1.21 bits per heavy atom. The average Bonchev–Trinajstić information content (AvgIpc) is 3.15. The third-order valence-corrected chi connectivity index (χ3v) is 5.59. The van der Waals surface area contributed by atoms with Crippen LogP contribution in [0.5, 0.6) is 0 Å². The zero-order chi connectivity index (χ0) is 20.6. The van der Waals surface area contributed by atoms with Crippen LogP contribution in [0.25, 0.3) is 0 Å². The number of benzene rings is 1. The summed E-state index contributed by atoms with van der Waals surface area (Å²) in [6.07, 6.45) is 1.70. The second-order valence-electron chi connectivity index (χ2n) is 6.70. The van der Waals surface area contributed by atoms with Gasteiger partial charge in [0.15, 0.2) is 0 Å². The molecule has 7 heteroatoms. The minimum atomic E-state index is -0.113. The van der Waals surface area contributed by atoms with Crippen molar-refractivity contribution in [2.75, 3.05) is 24.5 Å². The molecule has 0 saturated carbocycles. The van der Waals surface area contributed by atoms with Gasteiger partial charge in [-0.25, -0.2) is 4.98 Å². The Balaban J connectivity index is 1.58. The molecule has 3 rings (SSSR count). The molecule has 152 valence electrons. The van der Waals surface area contributed by atoms with Crippen LogP contribution in [0.1, 0.15) is 34.3 Å². The SMILES string of the molecule is CCN(CCNC(=O)c1cccnc1SCc1cc(C)on1)c1ccccc1C. The first-order chi connectivity index (χ1) is 14.1. The lowest BCUT2D eigenvalue weighted by Crippen LogP contribution is -2.35. The van der Waals surface area contributed by atoms with Gasteiger partial charge in [0, 0.05) is 43.3 Å². The number of nitrogens with one attached hydrogen (secondary N) is 1. The Morgan fingerprint density at radius 3 is 2.76 bits per heavy atom. The second kappa shape index (κ2) is 10.1. The standard InChI is InChI=1S/C22H26N4O2S/c1-4-26(20-10-6-5-8-16(20)2)13-12-23-21(27)19-9-7-11-24-22(19)29-15-18-14-17(3)28-25-18/h5-11,14H,4,12-13,15H2,1-3H3,(H,23,27). The fourth-order valence-electron chi connectivity index (χ4n) is 3.07. The van der Waals surface area contributed by atoms with E-state index >= 15 is 0 Å². The van der Waals surface area contributed by atoms with Crippen LogP contribution in [-0.2, 0) is 5.75 Å². The summed E-state index contributed by atoms with van der Waals surface area (Å²) in [5.74, 6) is 1.26. The first-order valence-electron chi connectivity index (χ1n) is 9.67. The molecule has 2 aromatic heterocycles. The molecule has 0 atom stereocenters. The van der Waals surface area contributed by atoms with Gasteiger partial charge >= 0.3 is 0 Å². The van der Waals surface area contributed by atoms with E-state index in [2.05, 4.69) is 46.3 Å². The Morgan fingerprint density at radius 2 is 2.03 bits per heavy atom. The number of nitrogens with zero attached hydrogens (tertiary/aromatic N) is 3. The van der Waals surface area contributed by atoms with Crippen LogP contribution >= 0.6 is 11.8 Å². The van der Waals surface area contributed by atoms with Gasteiger partial charge in [-0.3, -0.25) is 4.79 Å². The van der Waals surface area contributed by atoms with E-state index < -0.39 is 0 Å². The van der Waals surface area contributed by atoms with Gasteiger partial charge in [0.2, 0.25) is 0 Å². The van der Waals surface area contributed by atoms with Gasteiger partial charge in [-0.1, -0.05) is 35.1 Å². The van der Waals surface area contributed by atoms with E-state index in [1.165, 1.54) is 23.0 Å². The van der Waals surface area contributed by atoms with E-state index in [0.29, 0.717) is 22.9 Å². The van der Waals surface area contributed by atoms with Gasteiger partial charge < -0.3 is 14.7 Å². The fraction of sp³-hybridized carbons (Fsp3) is 0.318. The van der Waals surface area contributed by atoms with Crippen molar-refractivity contribution in [1.82, 2.24) is 15.5 Å². The molecule has 0 bridgehead atoms. The summed E-state index contributed by atoms with van der Waals surface area (Å²) < 4.78 is 5.09. The van der Waals surface area contributed by atoms with Gasteiger partial charge in [-0.15, -0.1) is 0 Å². The van der Waals surface area contributed by atoms with E-state index in [9.17, 15) is 4.79 Å². The Labute approximate surface area is 175 Å². The van der Waals surface area contributed by atoms with Gasteiger partial charge in [-0.05, 0) is 44.5 Å². The van der Waals surface area contributed by atoms with Crippen LogP contribution < -0.4 is 10.2 Å². The molecule has 0 fully saturated rings. The van der Waals surface area contributed by atoms with Crippen molar-refractivity contribution in [2.24, 2.45) is 0 Å². The number of amides is 1. The number of likely N-dealkylation sites (N-methyl/N-ethyl adjacent to an activating group) is 1. The fourth-order valence-corrected chi connectivity index (χ4v) is 3.95. The number of rotatable bonds is 9. The van der Waals surface area contributed by atoms with Gasteiger partial charge in [-0.2, -0.15) is 0 Å². The lowest BCUT2D eigenvalue weighted by Gasteiger charge is -2.25. The molecule has 3 aromatic rings. The van der Waals surface area contributed by atoms with E-state index in [4.69, 9.17) is 4.52 Å². The summed E-state index contributed by atoms with van der Waals surface area (Å²) in [7, 11) is 0. The van der Waals surface area contributed by atoms with Crippen LogP contribution in [0.15, 0.2) is 58.2 Å². The summed E-state index contributed by atoms with van der Waals surface area (Å²) in [4.78, 5) is 19.4. The molecule has 0 aliphatic heterocycles. The van der Waals surface area contributed by atoms with Crippen LogP contribution in [0.2, 0.25) is 0 Å². The third-order valence-electron chi connectivity index (χ3n) is 4.55. The molecule has 0 aliphatic carbocycles. The van der Waals surface area contributed by atoms with Crippen molar-refractivity contribution < 1.29 is 9.32 Å². The number of carbonyl (C=O) groups is 1. The molecule has 2 heterocycles. The first-order valence-corrected chi connectivity index (χ1v) is 10.7. The Hall–Kier alpha value is -2.80. The van der Waals surface area contributed by atoms with Crippen LogP contribution in [-0.4, -0.2) is 35.7 Å². The molecule has 0 saturated heterocycles. The smallest absolute Gasteiger partial charge is 0.254 e. The quantitative estimate of drug-likeness (QED) is 0.532. The van der Waals surface area contributed by atoms with Crippen LogP contribution in [0.3, 0.4) is 0 Å². The molecule has 0 aliphatic rings. The summed E-state index contributed by atoms with van der Waals surface area (Å²) in [5, 5.41) is 7.71. The number of carbonyl (C=O) groups excluding carboxylic acids is 1. The van der Waals surface area contributed by atoms with Crippen LogP contribution in [0, 0.1) is 13.8 Å². The maximum Gasteiger partial charge on any atom is 0.254 e. The predicted molar refractivity (Wildman–Crippen MR) is 116 cm³/mol. The summed E-state index contributed by atoms with van der Waals surface area (Å²) in [6, 6.07) is 13.8. The molecule has 1 aromatic carbocycles. The molecule has 0 unspecified atom stereocenters. The molecule has 1 N–H and O–H groups in total. The largest absolute Gasteiger partial charge is 0.370 e. The number of hydrogen-bond acceptors (Lipinski definition) is 6. The van der Waals surface area contributed by atoms with E-state index in [1.54, 1.807) is 18.3 Å². The van der Waals surface area contributed by atoms with Crippen molar-refractivity contribution in [2.45, 2.75) is 31.6 Å². The molecule has 0 spiro atoms. The second-order valence-corrected chi connectivity index (χ2v) is 7.66. The molecule has 1 amide bonds. The number of para-hydroxylation sites is 1. The Bertz CT molecular complexity index is 957. The van der Waals surface area contributed by atoms with Crippen LogP contribution in [0.4, 0.5) is 5.69 Å². The van der Waals surface area contributed by atoms with E-state index in [-0.39, 0.29) is 5.91 Å². The maximum atomic E-state index is 12.7. The van der Waals surface area contributed by atoms with Gasteiger partial charge in [0.05, 0.1) is 11.3 Å². The summed E-state index contributed by atoms with van der Waals surface area (Å²) >= 11 is 1.48. The van der Waals surface area contributed by atoms with E-state index in [0.717, 1.165) is 24.5 Å². The highest BCUT2D eigenvalue weighted by Crippen LogP contribution is 2.24. The van der Waals surface area contributed by atoms with E-state index in [1.807, 2.05) is 25.1 Å². The highest BCUT2D eigenvalue weighted by Gasteiger charge is 2.14. The number of hydrogen-bond donors (Lipinski definition) is 1. The lowest BCUT2D eigenvalue weighted by molar-refractivity contribution is 0.0951. The average molecular weight is 411 g/mol. The third kappa shape index (κ3) is 5.60. The zero-order valence-electron chi connectivity index (χ0n) is 17.0. The molecule has 6 nitrogen and oxygen atoms in total. The molecular formula is C22H26N4O2S. The van der Waals surface area contributed by atoms with Gasteiger partial charge in [0.1, 0.15) is 10.8 Å². The molecule has 29 heavy (non-hydrogen) atoms. The molecule has 0 radical (unpaired) electrons. The summed E-state index contributed by atoms with van der Waals surface area (Å²) in [6.45, 7) is 8.27. The molecular weight excluding hydrogens is 384 g/mol. The van der Waals surface area contributed by atoms with Gasteiger partial charge in [0.25, 0.3) is 5.91 Å². The first kappa shape index (κ1) is 20.9. The summed E-state index contributed by atoms with van der Waals surface area (Å²) in [5.41, 5.74) is 3.84. The van der Waals surface area contributed by atoms with Crippen molar-refractivity contribution in [3.63, 3.8) is 0 Å². The van der Waals surface area contributed by atoms with Crippen molar-refractivity contribution >= 4 is 23.4 Å². The number of aryl methyl sites for hydroxylation is 2.